The molecule has 0 saturated carbocycles. The van der Waals surface area contributed by atoms with Crippen molar-refractivity contribution in [1.82, 2.24) is 5.32 Å². The molecule has 1 aromatic rings. The highest BCUT2D eigenvalue weighted by molar-refractivity contribution is 5.23. The monoisotopic (exact) mass is 257 g/mol. The van der Waals surface area contributed by atoms with E-state index in [-0.39, 0.29) is 18.3 Å². The summed E-state index contributed by atoms with van der Waals surface area (Å²) in [5.74, 6) is -1.06. The van der Waals surface area contributed by atoms with Crippen molar-refractivity contribution in [3.8, 4) is 0 Å². The molecule has 1 atom stereocenters. The predicted octanol–water partition coefficient (Wildman–Crippen LogP) is 3.43. The smallest absolute Gasteiger partial charge is 0.131 e. The van der Waals surface area contributed by atoms with Gasteiger partial charge in [-0.1, -0.05) is 13.0 Å². The van der Waals surface area contributed by atoms with Crippen molar-refractivity contribution >= 4 is 0 Å². The summed E-state index contributed by atoms with van der Waals surface area (Å²) in [5.41, 5.74) is 0.0617. The van der Waals surface area contributed by atoms with Gasteiger partial charge in [0.05, 0.1) is 18.8 Å². The normalized spacial score (nSPS) is 13.0. The lowest BCUT2D eigenvalue weighted by atomic mass is 10.1. The second-order valence-corrected chi connectivity index (χ2v) is 4.52. The summed E-state index contributed by atoms with van der Waals surface area (Å²) in [4.78, 5) is 0. The second kappa shape index (κ2) is 7.44. The standard InChI is InChI=1S/C14H21F2NO/c1-4-8-17-13(9-18-10(2)3)14-11(15)6-5-7-12(14)16/h5-7,10,13,17H,4,8-9H2,1-3H3. The highest BCUT2D eigenvalue weighted by Gasteiger charge is 2.20. The van der Waals surface area contributed by atoms with Crippen molar-refractivity contribution in [2.75, 3.05) is 13.2 Å². The molecule has 0 aliphatic heterocycles. The van der Waals surface area contributed by atoms with Gasteiger partial charge in [0.25, 0.3) is 0 Å². The van der Waals surface area contributed by atoms with Crippen LogP contribution in [0.2, 0.25) is 0 Å². The summed E-state index contributed by atoms with van der Waals surface area (Å²) < 4.78 is 32.9. The van der Waals surface area contributed by atoms with Gasteiger partial charge >= 0.3 is 0 Å². The Bertz CT molecular complexity index is 349. The molecule has 0 radical (unpaired) electrons. The molecule has 4 heteroatoms. The van der Waals surface area contributed by atoms with Gasteiger partial charge < -0.3 is 10.1 Å². The number of halogens is 2. The number of nitrogens with one attached hydrogen (secondary N) is 1. The van der Waals surface area contributed by atoms with Crippen molar-refractivity contribution < 1.29 is 13.5 Å². The van der Waals surface area contributed by atoms with Gasteiger partial charge in [0.1, 0.15) is 11.6 Å². The fraction of sp³-hybridized carbons (Fsp3) is 0.571. The molecule has 102 valence electrons. The Kier molecular flexibility index (Phi) is 6.22. The molecule has 1 unspecified atom stereocenters. The predicted molar refractivity (Wildman–Crippen MR) is 68.5 cm³/mol. The topological polar surface area (TPSA) is 21.3 Å². The van der Waals surface area contributed by atoms with Gasteiger partial charge in [-0.15, -0.1) is 0 Å². The molecule has 2 nitrogen and oxygen atoms in total. The molecule has 0 fully saturated rings. The quantitative estimate of drug-likeness (QED) is 0.808. The molecular formula is C14H21F2NO. The molecule has 0 amide bonds. The molecule has 1 N–H and O–H groups in total. The van der Waals surface area contributed by atoms with Crippen LogP contribution in [0, 0.1) is 11.6 Å². The van der Waals surface area contributed by atoms with E-state index < -0.39 is 17.7 Å². The second-order valence-electron chi connectivity index (χ2n) is 4.52. The number of benzene rings is 1. The molecule has 18 heavy (non-hydrogen) atoms. The van der Waals surface area contributed by atoms with Crippen LogP contribution in [-0.2, 0) is 4.74 Å². The van der Waals surface area contributed by atoms with E-state index in [4.69, 9.17) is 4.74 Å². The fourth-order valence-electron chi connectivity index (χ4n) is 1.70. The van der Waals surface area contributed by atoms with E-state index in [1.165, 1.54) is 18.2 Å². The Balaban J connectivity index is 2.86. The largest absolute Gasteiger partial charge is 0.377 e. The van der Waals surface area contributed by atoms with Crippen LogP contribution in [0.3, 0.4) is 0 Å². The van der Waals surface area contributed by atoms with Crippen LogP contribution in [-0.4, -0.2) is 19.3 Å². The first-order valence-corrected chi connectivity index (χ1v) is 6.35. The van der Waals surface area contributed by atoms with Gasteiger partial charge in [0.2, 0.25) is 0 Å². The van der Waals surface area contributed by atoms with Crippen LogP contribution in [0.1, 0.15) is 38.8 Å². The van der Waals surface area contributed by atoms with E-state index in [0.29, 0.717) is 6.54 Å². The molecule has 0 aromatic heterocycles. The maximum atomic E-state index is 13.7. The van der Waals surface area contributed by atoms with Gasteiger partial charge in [0, 0.05) is 5.56 Å². The number of ether oxygens (including phenoxy) is 1. The van der Waals surface area contributed by atoms with E-state index in [2.05, 4.69) is 5.32 Å². The lowest BCUT2D eigenvalue weighted by Crippen LogP contribution is -2.29. The Morgan fingerprint density at radius 3 is 2.33 bits per heavy atom. The minimum atomic E-state index is -0.532. The van der Waals surface area contributed by atoms with Crippen molar-refractivity contribution in [2.24, 2.45) is 0 Å². The van der Waals surface area contributed by atoms with Crippen molar-refractivity contribution in [3.05, 3.63) is 35.4 Å². The molecule has 0 bridgehead atoms. The number of rotatable bonds is 7. The average molecular weight is 257 g/mol. The first kappa shape index (κ1) is 15.1. The maximum Gasteiger partial charge on any atom is 0.131 e. The van der Waals surface area contributed by atoms with Crippen LogP contribution in [0.25, 0.3) is 0 Å². The van der Waals surface area contributed by atoms with Gasteiger partial charge in [-0.25, -0.2) is 8.78 Å². The zero-order valence-electron chi connectivity index (χ0n) is 11.2. The maximum absolute atomic E-state index is 13.7. The highest BCUT2D eigenvalue weighted by Crippen LogP contribution is 2.21. The lowest BCUT2D eigenvalue weighted by Gasteiger charge is -2.21. The number of hydrogen-bond acceptors (Lipinski definition) is 2. The minimum Gasteiger partial charge on any atom is -0.377 e. The first-order chi connectivity index (χ1) is 8.56. The van der Waals surface area contributed by atoms with Crippen LogP contribution in [0.15, 0.2) is 18.2 Å². The molecular weight excluding hydrogens is 236 g/mol. The van der Waals surface area contributed by atoms with Gasteiger partial charge in [0.15, 0.2) is 0 Å². The summed E-state index contributed by atoms with van der Waals surface area (Å²) in [6, 6.07) is 3.46. The molecule has 1 aromatic carbocycles. The van der Waals surface area contributed by atoms with Crippen molar-refractivity contribution in [3.63, 3.8) is 0 Å². The van der Waals surface area contributed by atoms with Crippen LogP contribution in [0.5, 0.6) is 0 Å². The van der Waals surface area contributed by atoms with Crippen molar-refractivity contribution in [2.45, 2.75) is 39.3 Å². The third-order valence-electron chi connectivity index (χ3n) is 2.59. The zero-order valence-corrected chi connectivity index (χ0v) is 11.2. The van der Waals surface area contributed by atoms with Crippen LogP contribution >= 0.6 is 0 Å². The van der Waals surface area contributed by atoms with Gasteiger partial charge in [-0.3, -0.25) is 0 Å². The Hall–Kier alpha value is -1.00. The Labute approximate surface area is 107 Å². The van der Waals surface area contributed by atoms with Crippen LogP contribution < -0.4 is 5.32 Å². The van der Waals surface area contributed by atoms with Gasteiger partial charge in [-0.2, -0.15) is 0 Å². The summed E-state index contributed by atoms with van der Waals surface area (Å²) in [6.07, 6.45) is 0.930. The minimum absolute atomic E-state index is 0.0331. The fourth-order valence-corrected chi connectivity index (χ4v) is 1.70. The molecule has 0 saturated heterocycles. The van der Waals surface area contributed by atoms with Crippen molar-refractivity contribution in [1.29, 1.82) is 0 Å². The SMILES string of the molecule is CCCNC(COC(C)C)c1c(F)cccc1F. The van der Waals surface area contributed by atoms with E-state index >= 15 is 0 Å². The summed E-state index contributed by atoms with van der Waals surface area (Å²) in [5, 5.41) is 3.12. The lowest BCUT2D eigenvalue weighted by molar-refractivity contribution is 0.0596. The first-order valence-electron chi connectivity index (χ1n) is 6.35. The van der Waals surface area contributed by atoms with E-state index in [1.54, 1.807) is 0 Å². The average Bonchev–Trinajstić information content (AvgIpc) is 2.31. The van der Waals surface area contributed by atoms with E-state index in [1.807, 2.05) is 20.8 Å². The molecule has 0 aliphatic rings. The summed E-state index contributed by atoms with van der Waals surface area (Å²) in [7, 11) is 0. The van der Waals surface area contributed by atoms with Crippen LogP contribution in [0.4, 0.5) is 8.78 Å². The Morgan fingerprint density at radius 2 is 1.83 bits per heavy atom. The molecule has 0 heterocycles. The summed E-state index contributed by atoms with van der Waals surface area (Å²) >= 11 is 0. The Morgan fingerprint density at radius 1 is 1.22 bits per heavy atom. The molecule has 0 aliphatic carbocycles. The molecule has 0 spiro atoms. The highest BCUT2D eigenvalue weighted by atomic mass is 19.1. The zero-order chi connectivity index (χ0) is 13.5. The van der Waals surface area contributed by atoms with Gasteiger partial charge in [-0.05, 0) is 38.9 Å². The third kappa shape index (κ3) is 4.35. The van der Waals surface area contributed by atoms with E-state index in [0.717, 1.165) is 6.42 Å². The van der Waals surface area contributed by atoms with E-state index in [9.17, 15) is 8.78 Å². The molecule has 1 rings (SSSR count). The summed E-state index contributed by atoms with van der Waals surface area (Å²) in [6.45, 7) is 6.75. The number of hydrogen-bond donors (Lipinski definition) is 1. The third-order valence-corrected chi connectivity index (χ3v) is 2.59.